The second-order valence-electron chi connectivity index (χ2n) is 4.30. The van der Waals surface area contributed by atoms with E-state index >= 15 is 0 Å². The Morgan fingerprint density at radius 3 is 2.00 bits per heavy atom. The highest BCUT2D eigenvalue weighted by Crippen LogP contribution is 2.30. The predicted octanol–water partition coefficient (Wildman–Crippen LogP) is 2.82. The van der Waals surface area contributed by atoms with Gasteiger partial charge >= 0.3 is 6.18 Å². The van der Waals surface area contributed by atoms with E-state index in [1.807, 2.05) is 0 Å². The second kappa shape index (κ2) is 4.33. The number of halogens is 3. The van der Waals surface area contributed by atoms with Crippen LogP contribution < -0.4 is 10.5 Å². The molecule has 0 spiro atoms. The van der Waals surface area contributed by atoms with Gasteiger partial charge in [0.05, 0.1) is 5.56 Å². The Morgan fingerprint density at radius 2 is 1.62 bits per heavy atom. The molecule has 1 aromatic rings. The molecule has 16 heavy (non-hydrogen) atoms. The Labute approximate surface area is 92.2 Å². The fourth-order valence-electron chi connectivity index (χ4n) is 1.01. The van der Waals surface area contributed by atoms with E-state index in [4.69, 9.17) is 10.5 Å². The Kier molecular flexibility index (Phi) is 3.48. The third-order valence-electron chi connectivity index (χ3n) is 1.79. The summed E-state index contributed by atoms with van der Waals surface area (Å²) in [6.07, 6.45) is -4.31. The van der Waals surface area contributed by atoms with Crippen LogP contribution in [0.2, 0.25) is 0 Å². The normalized spacial score (nSPS) is 12.6. The van der Waals surface area contributed by atoms with Crippen molar-refractivity contribution >= 4 is 0 Å². The quantitative estimate of drug-likeness (QED) is 0.871. The third-order valence-corrected chi connectivity index (χ3v) is 1.79. The van der Waals surface area contributed by atoms with E-state index in [1.54, 1.807) is 13.8 Å². The molecule has 0 saturated heterocycles. The first kappa shape index (κ1) is 12.8. The minimum Gasteiger partial charge on any atom is -0.492 e. The lowest BCUT2D eigenvalue weighted by Gasteiger charge is -2.19. The highest BCUT2D eigenvalue weighted by Gasteiger charge is 2.30. The number of nitrogens with two attached hydrogens (primary N) is 1. The number of alkyl halides is 3. The molecule has 90 valence electrons. The molecule has 0 heterocycles. The number of rotatable bonds is 3. The van der Waals surface area contributed by atoms with Crippen LogP contribution in [0.4, 0.5) is 13.2 Å². The van der Waals surface area contributed by atoms with Gasteiger partial charge in [-0.3, -0.25) is 0 Å². The van der Waals surface area contributed by atoms with Gasteiger partial charge in [0.2, 0.25) is 0 Å². The molecule has 0 aliphatic carbocycles. The molecule has 2 nitrogen and oxygen atoms in total. The van der Waals surface area contributed by atoms with Crippen molar-refractivity contribution in [3.8, 4) is 5.75 Å². The van der Waals surface area contributed by atoms with E-state index < -0.39 is 17.3 Å². The summed E-state index contributed by atoms with van der Waals surface area (Å²) in [5.41, 5.74) is 4.48. The summed E-state index contributed by atoms with van der Waals surface area (Å²) in [7, 11) is 0. The molecule has 2 N–H and O–H groups in total. The monoisotopic (exact) mass is 233 g/mol. The average Bonchev–Trinajstić information content (AvgIpc) is 2.13. The van der Waals surface area contributed by atoms with Crippen LogP contribution >= 0.6 is 0 Å². The van der Waals surface area contributed by atoms with Crippen LogP contribution in [0, 0.1) is 0 Å². The van der Waals surface area contributed by atoms with Crippen molar-refractivity contribution in [2.45, 2.75) is 25.6 Å². The van der Waals surface area contributed by atoms with E-state index in [-0.39, 0.29) is 6.61 Å². The Morgan fingerprint density at radius 1 is 1.12 bits per heavy atom. The number of benzene rings is 1. The molecular weight excluding hydrogens is 219 g/mol. The number of hydrogen-bond donors (Lipinski definition) is 1. The van der Waals surface area contributed by atoms with Crippen molar-refractivity contribution in [2.24, 2.45) is 5.73 Å². The van der Waals surface area contributed by atoms with Crippen molar-refractivity contribution in [2.75, 3.05) is 6.61 Å². The highest BCUT2D eigenvalue weighted by atomic mass is 19.4. The van der Waals surface area contributed by atoms with Gasteiger partial charge in [0.15, 0.2) is 0 Å². The van der Waals surface area contributed by atoms with Crippen LogP contribution in [0.5, 0.6) is 5.75 Å². The standard InChI is InChI=1S/C11H14F3NO/c1-10(2,15)7-16-9-5-3-8(4-6-9)11(12,13)14/h3-6H,7,15H2,1-2H3. The first-order chi connectivity index (χ1) is 7.18. The van der Waals surface area contributed by atoms with Crippen molar-refractivity contribution in [3.05, 3.63) is 29.8 Å². The molecule has 0 radical (unpaired) electrons. The maximum atomic E-state index is 12.2. The molecular formula is C11H14F3NO. The van der Waals surface area contributed by atoms with Gasteiger partial charge in [0.1, 0.15) is 12.4 Å². The highest BCUT2D eigenvalue weighted by molar-refractivity contribution is 5.28. The van der Waals surface area contributed by atoms with Gasteiger partial charge in [0.25, 0.3) is 0 Å². The zero-order valence-electron chi connectivity index (χ0n) is 9.14. The lowest BCUT2D eigenvalue weighted by atomic mass is 10.1. The first-order valence-corrected chi connectivity index (χ1v) is 4.77. The zero-order valence-corrected chi connectivity index (χ0v) is 9.14. The van der Waals surface area contributed by atoms with Gasteiger partial charge in [-0.1, -0.05) is 0 Å². The maximum absolute atomic E-state index is 12.2. The minimum atomic E-state index is -4.31. The van der Waals surface area contributed by atoms with Crippen LogP contribution in [0.3, 0.4) is 0 Å². The van der Waals surface area contributed by atoms with E-state index in [2.05, 4.69) is 0 Å². The predicted molar refractivity (Wildman–Crippen MR) is 55.2 cm³/mol. The van der Waals surface area contributed by atoms with Crippen LogP contribution in [0.1, 0.15) is 19.4 Å². The third kappa shape index (κ3) is 4.10. The summed E-state index contributed by atoms with van der Waals surface area (Å²) in [5, 5.41) is 0. The minimum absolute atomic E-state index is 0.248. The van der Waals surface area contributed by atoms with Crippen molar-refractivity contribution in [3.63, 3.8) is 0 Å². The molecule has 0 saturated carbocycles. The van der Waals surface area contributed by atoms with Crippen LogP contribution in [0.15, 0.2) is 24.3 Å². The topological polar surface area (TPSA) is 35.2 Å². The first-order valence-electron chi connectivity index (χ1n) is 4.77. The molecule has 0 unspecified atom stereocenters. The summed E-state index contributed by atoms with van der Waals surface area (Å²) < 4.78 is 41.9. The van der Waals surface area contributed by atoms with E-state index in [0.29, 0.717) is 5.75 Å². The molecule has 0 fully saturated rings. The maximum Gasteiger partial charge on any atom is 0.416 e. The SMILES string of the molecule is CC(C)(N)COc1ccc(C(F)(F)F)cc1. The molecule has 0 aliphatic rings. The summed E-state index contributed by atoms with van der Waals surface area (Å²) in [6.45, 7) is 3.80. The molecule has 1 rings (SSSR count). The second-order valence-corrected chi connectivity index (χ2v) is 4.30. The van der Waals surface area contributed by atoms with Gasteiger partial charge in [-0.15, -0.1) is 0 Å². The summed E-state index contributed by atoms with van der Waals surface area (Å²) >= 11 is 0. The molecule has 0 bridgehead atoms. The molecule has 0 atom stereocenters. The van der Waals surface area contributed by atoms with Gasteiger partial charge in [-0.2, -0.15) is 13.2 Å². The Hall–Kier alpha value is -1.23. The Balaban J connectivity index is 2.66. The van der Waals surface area contributed by atoms with E-state index in [1.165, 1.54) is 12.1 Å². The van der Waals surface area contributed by atoms with Gasteiger partial charge in [-0.05, 0) is 38.1 Å². The lowest BCUT2D eigenvalue weighted by Crippen LogP contribution is -2.38. The van der Waals surface area contributed by atoms with Gasteiger partial charge < -0.3 is 10.5 Å². The lowest BCUT2D eigenvalue weighted by molar-refractivity contribution is -0.137. The van der Waals surface area contributed by atoms with Crippen molar-refractivity contribution < 1.29 is 17.9 Å². The molecule has 5 heteroatoms. The van der Waals surface area contributed by atoms with Crippen molar-refractivity contribution in [1.82, 2.24) is 0 Å². The number of ether oxygens (including phenoxy) is 1. The summed E-state index contributed by atoms with van der Waals surface area (Å²) in [4.78, 5) is 0. The largest absolute Gasteiger partial charge is 0.492 e. The molecule has 0 amide bonds. The molecule has 1 aromatic carbocycles. The smallest absolute Gasteiger partial charge is 0.416 e. The van der Waals surface area contributed by atoms with Crippen molar-refractivity contribution in [1.29, 1.82) is 0 Å². The number of hydrogen-bond acceptors (Lipinski definition) is 2. The zero-order chi connectivity index (χ0) is 12.4. The van der Waals surface area contributed by atoms with Crippen LogP contribution in [-0.4, -0.2) is 12.1 Å². The van der Waals surface area contributed by atoms with E-state index in [0.717, 1.165) is 12.1 Å². The van der Waals surface area contributed by atoms with Gasteiger partial charge in [0, 0.05) is 5.54 Å². The molecule has 0 aromatic heterocycles. The summed E-state index contributed by atoms with van der Waals surface area (Å²) in [6, 6.07) is 4.54. The van der Waals surface area contributed by atoms with Crippen LogP contribution in [0.25, 0.3) is 0 Å². The average molecular weight is 233 g/mol. The van der Waals surface area contributed by atoms with E-state index in [9.17, 15) is 13.2 Å². The Bertz CT molecular complexity index is 338. The molecule has 0 aliphatic heterocycles. The summed E-state index contributed by atoms with van der Waals surface area (Å²) in [5.74, 6) is 0.381. The fourth-order valence-corrected chi connectivity index (χ4v) is 1.01. The fraction of sp³-hybridized carbons (Fsp3) is 0.455. The van der Waals surface area contributed by atoms with Crippen LogP contribution in [-0.2, 0) is 6.18 Å². The van der Waals surface area contributed by atoms with Gasteiger partial charge in [-0.25, -0.2) is 0 Å².